The van der Waals surface area contributed by atoms with Crippen molar-refractivity contribution >= 4 is 0 Å². The number of rotatable bonds is 6. The summed E-state index contributed by atoms with van der Waals surface area (Å²) in [4.78, 5) is 2.33. The van der Waals surface area contributed by atoms with Crippen LogP contribution in [0.15, 0.2) is 0 Å². The highest BCUT2D eigenvalue weighted by atomic mass is 16.3. The number of aliphatic hydroxyl groups excluding tert-OH is 1. The molecule has 0 rings (SSSR count). The molecule has 0 bridgehead atoms. The Morgan fingerprint density at radius 3 is 2.00 bits per heavy atom. The second-order valence-electron chi connectivity index (χ2n) is 2.82. The molecule has 1 N–H and O–H groups in total. The van der Waals surface area contributed by atoms with Crippen molar-refractivity contribution in [2.45, 2.75) is 39.7 Å². The van der Waals surface area contributed by atoms with Crippen molar-refractivity contribution in [1.29, 1.82) is 0 Å². The van der Waals surface area contributed by atoms with Crippen molar-refractivity contribution < 1.29 is 5.11 Å². The lowest BCUT2D eigenvalue weighted by atomic mass is 10.1. The summed E-state index contributed by atoms with van der Waals surface area (Å²) in [7, 11) is 0. The van der Waals surface area contributed by atoms with Gasteiger partial charge in [0.25, 0.3) is 0 Å². The molecule has 11 heavy (non-hydrogen) atoms. The second kappa shape index (κ2) is 6.62. The minimum atomic E-state index is 0.282. The molecule has 0 aromatic carbocycles. The molecule has 0 aromatic heterocycles. The third-order valence-electron chi connectivity index (χ3n) is 2.25. The van der Waals surface area contributed by atoms with Crippen LogP contribution in [0.1, 0.15) is 33.6 Å². The maximum atomic E-state index is 8.77. The maximum Gasteiger partial charge on any atom is 0.0558 e. The van der Waals surface area contributed by atoms with E-state index in [0.717, 1.165) is 13.1 Å². The molecule has 0 saturated carbocycles. The normalized spacial score (nSPS) is 11.5. The van der Waals surface area contributed by atoms with Crippen LogP contribution in [0.4, 0.5) is 0 Å². The fourth-order valence-electron chi connectivity index (χ4n) is 1.53. The van der Waals surface area contributed by atoms with E-state index in [2.05, 4.69) is 25.7 Å². The Hall–Kier alpha value is -0.0800. The lowest BCUT2D eigenvalue weighted by molar-refractivity contribution is 0.150. The number of hydrogen-bond donors (Lipinski definition) is 1. The molecule has 0 aromatic rings. The summed E-state index contributed by atoms with van der Waals surface area (Å²) in [5, 5.41) is 8.77. The van der Waals surface area contributed by atoms with Gasteiger partial charge in [-0.1, -0.05) is 20.8 Å². The van der Waals surface area contributed by atoms with Crippen molar-refractivity contribution in [2.24, 2.45) is 0 Å². The molecule has 0 radical (unpaired) electrons. The van der Waals surface area contributed by atoms with Crippen LogP contribution in [-0.2, 0) is 0 Å². The highest BCUT2D eigenvalue weighted by molar-refractivity contribution is 4.66. The summed E-state index contributed by atoms with van der Waals surface area (Å²) < 4.78 is 0. The monoisotopic (exact) mass is 159 g/mol. The van der Waals surface area contributed by atoms with Gasteiger partial charge in [-0.2, -0.15) is 0 Å². The summed E-state index contributed by atoms with van der Waals surface area (Å²) in [6.45, 7) is 8.70. The largest absolute Gasteiger partial charge is 0.395 e. The van der Waals surface area contributed by atoms with Gasteiger partial charge in [-0.3, -0.25) is 4.90 Å². The molecular formula is C9H21NO. The van der Waals surface area contributed by atoms with Gasteiger partial charge in [-0.25, -0.2) is 0 Å². The van der Waals surface area contributed by atoms with Crippen LogP contribution in [0.25, 0.3) is 0 Å². The molecule has 2 heteroatoms. The second-order valence-corrected chi connectivity index (χ2v) is 2.82. The zero-order chi connectivity index (χ0) is 8.69. The summed E-state index contributed by atoms with van der Waals surface area (Å²) in [6, 6.07) is 0.659. The first-order valence-corrected chi connectivity index (χ1v) is 4.64. The Morgan fingerprint density at radius 2 is 1.73 bits per heavy atom. The van der Waals surface area contributed by atoms with Crippen molar-refractivity contribution in [2.75, 3.05) is 19.7 Å². The fourth-order valence-corrected chi connectivity index (χ4v) is 1.53. The fraction of sp³-hybridized carbons (Fsp3) is 1.00. The molecule has 0 spiro atoms. The average Bonchev–Trinajstić information content (AvgIpc) is 2.05. The van der Waals surface area contributed by atoms with E-state index in [-0.39, 0.29) is 6.61 Å². The minimum Gasteiger partial charge on any atom is -0.395 e. The Kier molecular flexibility index (Phi) is 6.57. The smallest absolute Gasteiger partial charge is 0.0558 e. The zero-order valence-corrected chi connectivity index (χ0v) is 8.01. The van der Waals surface area contributed by atoms with Gasteiger partial charge < -0.3 is 5.11 Å². The highest BCUT2D eigenvalue weighted by Crippen LogP contribution is 2.06. The van der Waals surface area contributed by atoms with Gasteiger partial charge in [-0.05, 0) is 19.4 Å². The van der Waals surface area contributed by atoms with Gasteiger partial charge in [0.15, 0.2) is 0 Å². The maximum absolute atomic E-state index is 8.77. The van der Waals surface area contributed by atoms with Crippen LogP contribution in [0.2, 0.25) is 0 Å². The molecule has 0 unspecified atom stereocenters. The molecule has 0 atom stereocenters. The molecule has 0 heterocycles. The minimum absolute atomic E-state index is 0.282. The average molecular weight is 159 g/mol. The predicted octanol–water partition coefficient (Wildman–Crippen LogP) is 1.49. The van der Waals surface area contributed by atoms with Crippen LogP contribution in [0, 0.1) is 0 Å². The number of hydrogen-bond acceptors (Lipinski definition) is 2. The van der Waals surface area contributed by atoms with Crippen LogP contribution >= 0.6 is 0 Å². The molecule has 0 saturated heterocycles. The van der Waals surface area contributed by atoms with Crippen molar-refractivity contribution in [3.63, 3.8) is 0 Å². The molecule has 2 nitrogen and oxygen atoms in total. The molecule has 0 fully saturated rings. The molecule has 68 valence electrons. The third kappa shape index (κ3) is 3.73. The van der Waals surface area contributed by atoms with E-state index in [1.54, 1.807) is 0 Å². The van der Waals surface area contributed by atoms with Crippen LogP contribution in [-0.4, -0.2) is 35.7 Å². The standard InChI is InChI=1S/C9H21NO/c1-4-9(5-2)10(6-3)7-8-11/h9,11H,4-8H2,1-3H3. The number of likely N-dealkylation sites (N-methyl/N-ethyl adjacent to an activating group) is 1. The van der Waals surface area contributed by atoms with Gasteiger partial charge >= 0.3 is 0 Å². The number of aliphatic hydroxyl groups is 1. The van der Waals surface area contributed by atoms with Gasteiger partial charge in [0.05, 0.1) is 6.61 Å². The van der Waals surface area contributed by atoms with Crippen LogP contribution < -0.4 is 0 Å². The third-order valence-corrected chi connectivity index (χ3v) is 2.25. The van der Waals surface area contributed by atoms with E-state index < -0.39 is 0 Å². The quantitative estimate of drug-likeness (QED) is 0.634. The van der Waals surface area contributed by atoms with Crippen molar-refractivity contribution in [1.82, 2.24) is 4.90 Å². The molecule has 0 amide bonds. The Balaban J connectivity index is 3.76. The van der Waals surface area contributed by atoms with Gasteiger partial charge in [0, 0.05) is 12.6 Å². The SMILES string of the molecule is CCC(CC)N(CC)CCO. The lowest BCUT2D eigenvalue weighted by Gasteiger charge is -2.28. The summed E-state index contributed by atoms with van der Waals surface area (Å²) in [5.41, 5.74) is 0. The zero-order valence-electron chi connectivity index (χ0n) is 8.01. The van der Waals surface area contributed by atoms with E-state index in [1.807, 2.05) is 0 Å². The predicted molar refractivity (Wildman–Crippen MR) is 48.7 cm³/mol. The summed E-state index contributed by atoms with van der Waals surface area (Å²) >= 11 is 0. The van der Waals surface area contributed by atoms with Crippen molar-refractivity contribution in [3.05, 3.63) is 0 Å². The summed E-state index contributed by atoms with van der Waals surface area (Å²) in [6.07, 6.45) is 2.37. The molecule has 0 aliphatic rings. The summed E-state index contributed by atoms with van der Waals surface area (Å²) in [5.74, 6) is 0. The van der Waals surface area contributed by atoms with Crippen LogP contribution in [0.3, 0.4) is 0 Å². The van der Waals surface area contributed by atoms with Crippen molar-refractivity contribution in [3.8, 4) is 0 Å². The Bertz CT molecular complexity index is 81.6. The van der Waals surface area contributed by atoms with Crippen LogP contribution in [0.5, 0.6) is 0 Å². The first-order valence-electron chi connectivity index (χ1n) is 4.64. The highest BCUT2D eigenvalue weighted by Gasteiger charge is 2.11. The molecule has 0 aliphatic heterocycles. The topological polar surface area (TPSA) is 23.5 Å². The first-order chi connectivity index (χ1) is 5.29. The molecule has 0 aliphatic carbocycles. The first kappa shape index (κ1) is 10.9. The Labute approximate surface area is 70.2 Å². The number of nitrogens with zero attached hydrogens (tertiary/aromatic N) is 1. The van der Waals surface area contributed by atoms with Gasteiger partial charge in [-0.15, -0.1) is 0 Å². The Morgan fingerprint density at radius 1 is 1.18 bits per heavy atom. The van der Waals surface area contributed by atoms with E-state index in [9.17, 15) is 0 Å². The van der Waals surface area contributed by atoms with E-state index >= 15 is 0 Å². The van der Waals surface area contributed by atoms with E-state index in [0.29, 0.717) is 6.04 Å². The van der Waals surface area contributed by atoms with Gasteiger partial charge in [0.1, 0.15) is 0 Å². The lowest BCUT2D eigenvalue weighted by Crippen LogP contribution is -2.36. The van der Waals surface area contributed by atoms with E-state index in [4.69, 9.17) is 5.11 Å². The van der Waals surface area contributed by atoms with E-state index in [1.165, 1.54) is 12.8 Å². The molecular weight excluding hydrogens is 138 g/mol. The van der Waals surface area contributed by atoms with Gasteiger partial charge in [0.2, 0.25) is 0 Å².